The second-order valence-corrected chi connectivity index (χ2v) is 8.03. The van der Waals surface area contributed by atoms with Gasteiger partial charge in [-0.3, -0.25) is 0 Å². The van der Waals surface area contributed by atoms with Gasteiger partial charge in [-0.05, 0) is 53.4 Å². The summed E-state index contributed by atoms with van der Waals surface area (Å²) < 4.78 is 27.1. The molecule has 0 aliphatic carbocycles. The number of sulfonamides is 1. The van der Waals surface area contributed by atoms with Crippen LogP contribution in [0.4, 0.5) is 5.69 Å². The van der Waals surface area contributed by atoms with Crippen LogP contribution in [-0.2, 0) is 10.0 Å². The van der Waals surface area contributed by atoms with Gasteiger partial charge in [-0.15, -0.1) is 0 Å². The molecule has 0 saturated heterocycles. The van der Waals surface area contributed by atoms with Crippen LogP contribution >= 0.6 is 15.9 Å². The number of nitrogen functional groups attached to an aromatic ring is 1. The third-order valence-electron chi connectivity index (χ3n) is 3.08. The summed E-state index contributed by atoms with van der Waals surface area (Å²) in [5.74, 6) is 0.447. The van der Waals surface area contributed by atoms with E-state index in [9.17, 15) is 8.42 Å². The van der Waals surface area contributed by atoms with Crippen LogP contribution in [-0.4, -0.2) is 25.8 Å². The average Bonchev–Trinajstić information content (AvgIpc) is 2.30. The Hall–Kier alpha value is -0.590. The second-order valence-electron chi connectivity index (χ2n) is 5.18. The lowest BCUT2D eigenvalue weighted by atomic mass is 10.1. The maximum Gasteiger partial charge on any atom is 0.243 e. The van der Waals surface area contributed by atoms with Crippen LogP contribution in [0.2, 0.25) is 0 Å². The fraction of sp³-hybridized carbons (Fsp3) is 0.538. The van der Waals surface area contributed by atoms with Crippen LogP contribution < -0.4 is 5.73 Å². The molecule has 1 rings (SSSR count). The molecule has 0 aliphatic heterocycles. The molecule has 0 fully saturated rings. The summed E-state index contributed by atoms with van der Waals surface area (Å²) in [4.78, 5) is 0.228. The van der Waals surface area contributed by atoms with Crippen LogP contribution in [0.1, 0.15) is 27.2 Å². The number of hydrogen-bond acceptors (Lipinski definition) is 3. The van der Waals surface area contributed by atoms with Crippen molar-refractivity contribution in [1.82, 2.24) is 4.31 Å². The molecule has 0 heterocycles. The molecule has 6 heteroatoms. The van der Waals surface area contributed by atoms with Gasteiger partial charge in [-0.2, -0.15) is 4.31 Å². The molecule has 108 valence electrons. The average molecular weight is 349 g/mol. The Bertz CT molecular complexity index is 544. The molecule has 1 aromatic carbocycles. The first-order valence-electron chi connectivity index (χ1n) is 6.19. The van der Waals surface area contributed by atoms with Crippen LogP contribution in [0.3, 0.4) is 0 Å². The zero-order valence-electron chi connectivity index (χ0n) is 11.7. The Balaban J connectivity index is 3.06. The molecule has 1 unspecified atom stereocenters. The van der Waals surface area contributed by atoms with E-state index >= 15 is 0 Å². The first-order valence-corrected chi connectivity index (χ1v) is 8.42. The quantitative estimate of drug-likeness (QED) is 0.831. The molecule has 0 saturated carbocycles. The van der Waals surface area contributed by atoms with Crippen molar-refractivity contribution in [2.75, 3.05) is 12.8 Å². The van der Waals surface area contributed by atoms with Gasteiger partial charge in [0.2, 0.25) is 10.0 Å². The summed E-state index contributed by atoms with van der Waals surface area (Å²) in [6, 6.07) is 4.66. The molecule has 4 nitrogen and oxygen atoms in total. The van der Waals surface area contributed by atoms with E-state index < -0.39 is 10.0 Å². The standard InChI is InChI=1S/C13H21BrN2O2S/c1-9(2)7-10(3)16(4)19(17,18)11-5-6-12(14)13(15)8-11/h5-6,8-10H,7,15H2,1-4H3. The number of anilines is 1. The highest BCUT2D eigenvalue weighted by Gasteiger charge is 2.26. The smallest absolute Gasteiger partial charge is 0.243 e. The van der Waals surface area contributed by atoms with Crippen molar-refractivity contribution in [3.63, 3.8) is 0 Å². The molecule has 0 radical (unpaired) electrons. The highest BCUT2D eigenvalue weighted by atomic mass is 79.9. The zero-order chi connectivity index (χ0) is 14.8. The minimum Gasteiger partial charge on any atom is -0.398 e. The van der Waals surface area contributed by atoms with Crippen molar-refractivity contribution in [3.05, 3.63) is 22.7 Å². The highest BCUT2D eigenvalue weighted by molar-refractivity contribution is 9.10. The summed E-state index contributed by atoms with van der Waals surface area (Å²) in [5, 5.41) is 0. The summed E-state index contributed by atoms with van der Waals surface area (Å²) >= 11 is 3.26. The third kappa shape index (κ3) is 3.94. The van der Waals surface area contributed by atoms with Crippen molar-refractivity contribution in [1.29, 1.82) is 0 Å². The predicted molar refractivity (Wildman–Crippen MR) is 82.4 cm³/mol. The van der Waals surface area contributed by atoms with Crippen molar-refractivity contribution in [3.8, 4) is 0 Å². The minimum absolute atomic E-state index is 0.0464. The topological polar surface area (TPSA) is 63.4 Å². The number of nitrogens with zero attached hydrogens (tertiary/aromatic N) is 1. The normalized spacial score (nSPS) is 14.1. The summed E-state index contributed by atoms with van der Waals surface area (Å²) in [5.41, 5.74) is 6.17. The number of halogens is 1. The van der Waals surface area contributed by atoms with Gasteiger partial charge < -0.3 is 5.73 Å². The lowest BCUT2D eigenvalue weighted by Crippen LogP contribution is -2.35. The van der Waals surface area contributed by atoms with Gasteiger partial charge >= 0.3 is 0 Å². The first kappa shape index (κ1) is 16.5. The largest absolute Gasteiger partial charge is 0.398 e. The van der Waals surface area contributed by atoms with Crippen molar-refractivity contribution < 1.29 is 8.42 Å². The minimum atomic E-state index is -3.49. The van der Waals surface area contributed by atoms with Gasteiger partial charge in [0, 0.05) is 23.2 Å². The fourth-order valence-electron chi connectivity index (χ4n) is 1.92. The van der Waals surface area contributed by atoms with Crippen LogP contribution in [0.5, 0.6) is 0 Å². The van der Waals surface area contributed by atoms with E-state index in [4.69, 9.17) is 5.73 Å². The Morgan fingerprint density at radius 1 is 1.32 bits per heavy atom. The molecule has 0 spiro atoms. The molecular weight excluding hydrogens is 328 g/mol. The molecule has 0 amide bonds. The fourth-order valence-corrected chi connectivity index (χ4v) is 3.57. The Labute approximate surface area is 124 Å². The number of rotatable bonds is 5. The third-order valence-corrected chi connectivity index (χ3v) is 5.77. The monoisotopic (exact) mass is 348 g/mol. The Kier molecular flexibility index (Phi) is 5.41. The van der Waals surface area contributed by atoms with Crippen molar-refractivity contribution in [2.24, 2.45) is 5.92 Å². The van der Waals surface area contributed by atoms with Gasteiger partial charge in [0.25, 0.3) is 0 Å². The molecule has 0 bridgehead atoms. The molecule has 19 heavy (non-hydrogen) atoms. The number of benzene rings is 1. The maximum absolute atomic E-state index is 12.5. The van der Waals surface area contributed by atoms with Crippen molar-refractivity contribution in [2.45, 2.75) is 38.1 Å². The molecular formula is C13H21BrN2O2S. The van der Waals surface area contributed by atoms with Gasteiger partial charge in [0.15, 0.2) is 0 Å². The molecule has 2 N–H and O–H groups in total. The van der Waals surface area contributed by atoms with Gasteiger partial charge in [0.1, 0.15) is 0 Å². The van der Waals surface area contributed by atoms with Crippen LogP contribution in [0.15, 0.2) is 27.6 Å². The molecule has 0 aromatic heterocycles. The Morgan fingerprint density at radius 2 is 1.89 bits per heavy atom. The lowest BCUT2D eigenvalue weighted by molar-refractivity contribution is 0.338. The van der Waals surface area contributed by atoms with Gasteiger partial charge in [0.05, 0.1) is 4.90 Å². The van der Waals surface area contributed by atoms with E-state index in [0.29, 0.717) is 16.1 Å². The lowest BCUT2D eigenvalue weighted by Gasteiger charge is -2.25. The van der Waals surface area contributed by atoms with Crippen molar-refractivity contribution >= 4 is 31.6 Å². The summed E-state index contributed by atoms with van der Waals surface area (Å²) in [6.45, 7) is 6.07. The van der Waals surface area contributed by atoms with E-state index in [0.717, 1.165) is 6.42 Å². The van der Waals surface area contributed by atoms with Crippen LogP contribution in [0.25, 0.3) is 0 Å². The van der Waals surface area contributed by atoms with E-state index in [2.05, 4.69) is 29.8 Å². The highest BCUT2D eigenvalue weighted by Crippen LogP contribution is 2.26. The predicted octanol–water partition coefficient (Wildman–Crippen LogP) is 3.09. The van der Waals surface area contributed by atoms with Gasteiger partial charge in [-0.25, -0.2) is 8.42 Å². The molecule has 0 aliphatic rings. The Morgan fingerprint density at radius 3 is 2.37 bits per heavy atom. The van der Waals surface area contributed by atoms with Gasteiger partial charge in [-0.1, -0.05) is 13.8 Å². The van der Waals surface area contributed by atoms with E-state index in [1.165, 1.54) is 10.4 Å². The number of hydrogen-bond donors (Lipinski definition) is 1. The molecule has 1 atom stereocenters. The molecule has 1 aromatic rings. The summed E-state index contributed by atoms with van der Waals surface area (Å²) in [6.07, 6.45) is 0.821. The van der Waals surface area contributed by atoms with Crippen LogP contribution in [0, 0.1) is 5.92 Å². The second kappa shape index (κ2) is 6.24. The number of nitrogens with two attached hydrogens (primary N) is 1. The first-order chi connectivity index (χ1) is 8.66. The van der Waals surface area contributed by atoms with E-state index in [1.54, 1.807) is 19.2 Å². The maximum atomic E-state index is 12.5. The summed E-state index contributed by atoms with van der Waals surface area (Å²) in [7, 11) is -1.88. The van der Waals surface area contributed by atoms with E-state index in [1.807, 2.05) is 6.92 Å². The zero-order valence-corrected chi connectivity index (χ0v) is 14.1. The van der Waals surface area contributed by atoms with E-state index in [-0.39, 0.29) is 10.9 Å². The SMILES string of the molecule is CC(C)CC(C)N(C)S(=O)(=O)c1ccc(Br)c(N)c1.